The molecule has 1 heterocycles. The van der Waals surface area contributed by atoms with Gasteiger partial charge in [0.05, 0.1) is 18.2 Å². The van der Waals surface area contributed by atoms with E-state index in [1.165, 1.54) is 0 Å². The van der Waals surface area contributed by atoms with Crippen LogP contribution in [-0.2, 0) is 12.3 Å². The standard InChI is InChI=1S/C14H20F3NOS/c1-20-9-13-7-6-12(19-13)8-18-11-4-2-10(3-5-11)14(15,16)17/h6-7,10-11,18H,2-5,8-9H2,1H3. The average molecular weight is 307 g/mol. The predicted molar refractivity (Wildman–Crippen MR) is 74.6 cm³/mol. The lowest BCUT2D eigenvalue weighted by molar-refractivity contribution is -0.182. The maximum absolute atomic E-state index is 12.6. The summed E-state index contributed by atoms with van der Waals surface area (Å²) >= 11 is 1.70. The van der Waals surface area contributed by atoms with E-state index in [0.717, 1.165) is 17.3 Å². The molecule has 0 amide bonds. The lowest BCUT2D eigenvalue weighted by atomic mass is 9.85. The predicted octanol–water partition coefficient (Wildman–Crippen LogP) is 4.35. The number of alkyl halides is 3. The summed E-state index contributed by atoms with van der Waals surface area (Å²) in [6, 6.07) is 4.05. The smallest absolute Gasteiger partial charge is 0.391 e. The number of nitrogens with one attached hydrogen (secondary N) is 1. The monoisotopic (exact) mass is 307 g/mol. The molecule has 1 aliphatic carbocycles. The molecule has 0 atom stereocenters. The highest BCUT2D eigenvalue weighted by Gasteiger charge is 2.41. The molecule has 0 spiro atoms. The van der Waals surface area contributed by atoms with E-state index in [2.05, 4.69) is 5.32 Å². The molecule has 1 aromatic rings. The first-order valence-corrected chi connectivity index (χ1v) is 8.25. The van der Waals surface area contributed by atoms with Crippen molar-refractivity contribution in [3.8, 4) is 0 Å². The molecule has 2 rings (SSSR count). The molecule has 0 aliphatic heterocycles. The number of rotatable bonds is 5. The summed E-state index contributed by atoms with van der Waals surface area (Å²) in [4.78, 5) is 0. The Morgan fingerprint density at radius 2 is 1.85 bits per heavy atom. The first kappa shape index (κ1) is 15.8. The van der Waals surface area contributed by atoms with Crippen molar-refractivity contribution >= 4 is 11.8 Å². The van der Waals surface area contributed by atoms with E-state index >= 15 is 0 Å². The lowest BCUT2D eigenvalue weighted by Crippen LogP contribution is -2.36. The number of thioether (sulfide) groups is 1. The van der Waals surface area contributed by atoms with E-state index in [-0.39, 0.29) is 18.9 Å². The normalized spacial score (nSPS) is 24.0. The second-order valence-electron chi connectivity index (χ2n) is 5.27. The number of hydrogen-bond donors (Lipinski definition) is 1. The third-order valence-corrected chi connectivity index (χ3v) is 4.33. The van der Waals surface area contributed by atoms with Crippen molar-refractivity contribution in [1.82, 2.24) is 5.32 Å². The first-order chi connectivity index (χ1) is 9.49. The van der Waals surface area contributed by atoms with Gasteiger partial charge in [0.15, 0.2) is 0 Å². The highest BCUT2D eigenvalue weighted by atomic mass is 32.2. The van der Waals surface area contributed by atoms with Crippen molar-refractivity contribution in [3.05, 3.63) is 23.7 Å². The molecule has 0 radical (unpaired) electrons. The average Bonchev–Trinajstić information content (AvgIpc) is 2.84. The van der Waals surface area contributed by atoms with Crippen molar-refractivity contribution < 1.29 is 17.6 Å². The van der Waals surface area contributed by atoms with Gasteiger partial charge in [0.1, 0.15) is 11.5 Å². The Hall–Kier alpha value is -0.620. The van der Waals surface area contributed by atoms with Crippen molar-refractivity contribution in [3.63, 3.8) is 0 Å². The van der Waals surface area contributed by atoms with E-state index in [4.69, 9.17) is 4.42 Å². The molecule has 6 heteroatoms. The molecular weight excluding hydrogens is 287 g/mol. The Labute approximate surface area is 121 Å². The van der Waals surface area contributed by atoms with E-state index in [1.54, 1.807) is 11.8 Å². The number of halogens is 3. The Morgan fingerprint density at radius 1 is 1.20 bits per heavy atom. The van der Waals surface area contributed by atoms with Crippen molar-refractivity contribution in [2.45, 2.75) is 50.2 Å². The summed E-state index contributed by atoms with van der Waals surface area (Å²) in [5, 5.41) is 3.30. The summed E-state index contributed by atoms with van der Waals surface area (Å²) < 4.78 is 43.3. The minimum absolute atomic E-state index is 0.169. The fourth-order valence-corrected chi connectivity index (χ4v) is 3.05. The third kappa shape index (κ3) is 4.45. The zero-order valence-electron chi connectivity index (χ0n) is 11.5. The van der Waals surface area contributed by atoms with Gasteiger partial charge in [-0.05, 0) is 44.1 Å². The maximum Gasteiger partial charge on any atom is 0.391 e. The van der Waals surface area contributed by atoms with Crippen LogP contribution < -0.4 is 5.32 Å². The molecule has 0 saturated heterocycles. The summed E-state index contributed by atoms with van der Waals surface area (Å²) in [5.41, 5.74) is 0. The number of hydrogen-bond acceptors (Lipinski definition) is 3. The van der Waals surface area contributed by atoms with Crippen LogP contribution in [-0.4, -0.2) is 18.5 Å². The van der Waals surface area contributed by atoms with Crippen LogP contribution in [0.2, 0.25) is 0 Å². The van der Waals surface area contributed by atoms with Gasteiger partial charge in [-0.1, -0.05) is 0 Å². The SMILES string of the molecule is CSCc1ccc(CNC2CCC(C(F)(F)F)CC2)o1. The zero-order chi connectivity index (χ0) is 14.6. The van der Waals surface area contributed by atoms with Gasteiger partial charge in [-0.2, -0.15) is 24.9 Å². The second-order valence-corrected chi connectivity index (χ2v) is 6.14. The lowest BCUT2D eigenvalue weighted by Gasteiger charge is -2.30. The summed E-state index contributed by atoms with van der Waals surface area (Å²) in [5.74, 6) is 1.52. The highest BCUT2D eigenvalue weighted by Crippen LogP contribution is 2.37. The van der Waals surface area contributed by atoms with Crippen LogP contribution in [0.15, 0.2) is 16.5 Å². The molecule has 114 valence electrons. The molecule has 2 nitrogen and oxygen atoms in total. The fourth-order valence-electron chi connectivity index (χ4n) is 2.61. The number of furan rings is 1. The van der Waals surface area contributed by atoms with E-state index in [0.29, 0.717) is 19.4 Å². The van der Waals surface area contributed by atoms with Gasteiger partial charge in [0.2, 0.25) is 0 Å². The molecule has 0 bridgehead atoms. The van der Waals surface area contributed by atoms with Crippen LogP contribution >= 0.6 is 11.8 Å². The largest absolute Gasteiger partial charge is 0.464 e. The fraction of sp³-hybridized carbons (Fsp3) is 0.714. The molecule has 0 unspecified atom stereocenters. The van der Waals surface area contributed by atoms with Crippen molar-refractivity contribution in [2.24, 2.45) is 5.92 Å². The topological polar surface area (TPSA) is 25.2 Å². The molecule has 1 N–H and O–H groups in total. The Kier molecular flexibility index (Phi) is 5.43. The van der Waals surface area contributed by atoms with Gasteiger partial charge in [-0.25, -0.2) is 0 Å². The molecule has 0 aromatic carbocycles. The van der Waals surface area contributed by atoms with E-state index < -0.39 is 12.1 Å². The van der Waals surface area contributed by atoms with Gasteiger partial charge >= 0.3 is 6.18 Å². The van der Waals surface area contributed by atoms with Crippen LogP contribution in [0.1, 0.15) is 37.2 Å². The Bertz CT molecular complexity index is 411. The first-order valence-electron chi connectivity index (χ1n) is 6.85. The van der Waals surface area contributed by atoms with Gasteiger partial charge in [-0.15, -0.1) is 0 Å². The molecule has 1 aliphatic rings. The Balaban J connectivity index is 1.73. The Morgan fingerprint density at radius 3 is 2.45 bits per heavy atom. The van der Waals surface area contributed by atoms with Gasteiger partial charge in [-0.3, -0.25) is 0 Å². The molecule has 1 aromatic heterocycles. The van der Waals surface area contributed by atoms with Gasteiger partial charge in [0, 0.05) is 6.04 Å². The van der Waals surface area contributed by atoms with Crippen LogP contribution in [0.5, 0.6) is 0 Å². The quantitative estimate of drug-likeness (QED) is 0.875. The van der Waals surface area contributed by atoms with Crippen LogP contribution in [0.3, 0.4) is 0 Å². The van der Waals surface area contributed by atoms with Crippen LogP contribution in [0, 0.1) is 5.92 Å². The minimum Gasteiger partial charge on any atom is -0.464 e. The van der Waals surface area contributed by atoms with Crippen LogP contribution in [0.25, 0.3) is 0 Å². The summed E-state index contributed by atoms with van der Waals surface area (Å²) in [7, 11) is 0. The third-order valence-electron chi connectivity index (χ3n) is 3.76. The van der Waals surface area contributed by atoms with Gasteiger partial charge in [0.25, 0.3) is 0 Å². The molecule has 1 saturated carbocycles. The van der Waals surface area contributed by atoms with E-state index in [1.807, 2.05) is 18.4 Å². The van der Waals surface area contributed by atoms with Crippen molar-refractivity contribution in [1.29, 1.82) is 0 Å². The molecule has 20 heavy (non-hydrogen) atoms. The molecular formula is C14H20F3NOS. The zero-order valence-corrected chi connectivity index (χ0v) is 12.3. The minimum atomic E-state index is -4.03. The summed E-state index contributed by atoms with van der Waals surface area (Å²) in [6.45, 7) is 0.593. The van der Waals surface area contributed by atoms with Crippen LogP contribution in [0.4, 0.5) is 13.2 Å². The van der Waals surface area contributed by atoms with Gasteiger partial charge < -0.3 is 9.73 Å². The molecule has 1 fully saturated rings. The van der Waals surface area contributed by atoms with E-state index in [9.17, 15) is 13.2 Å². The summed E-state index contributed by atoms with van der Waals surface area (Å²) in [6.07, 6.45) is -0.378. The highest BCUT2D eigenvalue weighted by molar-refractivity contribution is 7.97. The second kappa shape index (κ2) is 6.89. The van der Waals surface area contributed by atoms with Crippen molar-refractivity contribution in [2.75, 3.05) is 6.26 Å². The maximum atomic E-state index is 12.6.